The molecule has 7 nitrogen and oxygen atoms in total. The van der Waals surface area contributed by atoms with E-state index in [-0.39, 0.29) is 23.1 Å². The highest BCUT2D eigenvalue weighted by molar-refractivity contribution is 5.95. The minimum Gasteiger partial charge on any atom is -0.314 e. The fraction of sp³-hybridized carbons (Fsp3) is 0.133. The quantitative estimate of drug-likeness (QED) is 0.805. The number of anilines is 2. The topological polar surface area (TPSA) is 96.9 Å². The molecule has 2 aromatic heterocycles. The summed E-state index contributed by atoms with van der Waals surface area (Å²) in [6, 6.07) is 3.01. The Morgan fingerprint density at radius 3 is 2.60 bits per heavy atom. The zero-order chi connectivity index (χ0) is 18.4. The molecule has 2 aromatic rings. The standard InChI is InChI=1S/C15H10F3N5O2/c1-9(24)22-13-6-10(4-5-20-13)2-3-11-12(7-19-8-21-11)23-14(25)15(16,17)18/h4-8H,1H3,(H,23,25)(H,20,22,24). The zero-order valence-electron chi connectivity index (χ0n) is 12.7. The lowest BCUT2D eigenvalue weighted by atomic mass is 10.2. The minimum absolute atomic E-state index is 0.0921. The van der Waals surface area contributed by atoms with Crippen molar-refractivity contribution < 1.29 is 22.8 Å². The van der Waals surface area contributed by atoms with Gasteiger partial charge in [-0.25, -0.2) is 15.0 Å². The van der Waals surface area contributed by atoms with Gasteiger partial charge in [0.2, 0.25) is 5.91 Å². The summed E-state index contributed by atoms with van der Waals surface area (Å²) < 4.78 is 37.0. The number of alkyl halides is 3. The number of halogens is 3. The SMILES string of the molecule is CC(=O)Nc1cc(C#Cc2ncncc2NC(=O)C(F)(F)F)ccn1. The van der Waals surface area contributed by atoms with Crippen LogP contribution in [-0.4, -0.2) is 32.9 Å². The molecule has 0 spiro atoms. The third-order valence-corrected chi connectivity index (χ3v) is 2.61. The number of aromatic nitrogens is 3. The predicted octanol–water partition coefficient (Wildman–Crippen LogP) is 1.73. The van der Waals surface area contributed by atoms with Crippen LogP contribution in [0, 0.1) is 11.8 Å². The number of nitrogens with one attached hydrogen (secondary N) is 2. The van der Waals surface area contributed by atoms with Crippen molar-refractivity contribution in [3.63, 3.8) is 0 Å². The summed E-state index contributed by atoms with van der Waals surface area (Å²) in [4.78, 5) is 33.2. The summed E-state index contributed by atoms with van der Waals surface area (Å²) in [6.07, 6.45) is -1.54. The zero-order valence-corrected chi connectivity index (χ0v) is 12.7. The number of amides is 2. The molecule has 0 atom stereocenters. The predicted molar refractivity (Wildman–Crippen MR) is 81.2 cm³/mol. The Morgan fingerprint density at radius 1 is 1.16 bits per heavy atom. The van der Waals surface area contributed by atoms with Gasteiger partial charge in [-0.2, -0.15) is 13.2 Å². The first-order chi connectivity index (χ1) is 11.8. The summed E-state index contributed by atoms with van der Waals surface area (Å²) in [7, 11) is 0. The molecule has 0 aliphatic rings. The fourth-order valence-corrected chi connectivity index (χ4v) is 1.60. The molecule has 2 N–H and O–H groups in total. The number of carbonyl (C=O) groups is 2. The maximum Gasteiger partial charge on any atom is 0.471 e. The molecule has 0 radical (unpaired) electrons. The van der Waals surface area contributed by atoms with Gasteiger partial charge in [-0.05, 0) is 18.1 Å². The van der Waals surface area contributed by atoms with E-state index in [1.54, 1.807) is 5.32 Å². The summed E-state index contributed by atoms with van der Waals surface area (Å²) in [5, 5.41) is 4.14. The molecular formula is C15H10F3N5O2. The van der Waals surface area contributed by atoms with Crippen LogP contribution in [0.5, 0.6) is 0 Å². The number of hydrogen-bond acceptors (Lipinski definition) is 5. The molecule has 0 saturated carbocycles. The smallest absolute Gasteiger partial charge is 0.314 e. The van der Waals surface area contributed by atoms with Gasteiger partial charge in [-0.15, -0.1) is 0 Å². The second-order valence-electron chi connectivity index (χ2n) is 4.60. The summed E-state index contributed by atoms with van der Waals surface area (Å²) in [5.41, 5.74) is 0.0735. The van der Waals surface area contributed by atoms with Gasteiger partial charge in [0.15, 0.2) is 0 Å². The largest absolute Gasteiger partial charge is 0.471 e. The van der Waals surface area contributed by atoms with Crippen molar-refractivity contribution in [2.75, 3.05) is 10.6 Å². The first-order valence-corrected chi connectivity index (χ1v) is 6.69. The van der Waals surface area contributed by atoms with Crippen LogP contribution < -0.4 is 10.6 Å². The highest BCUT2D eigenvalue weighted by atomic mass is 19.4. The van der Waals surface area contributed by atoms with E-state index < -0.39 is 12.1 Å². The molecule has 0 aliphatic carbocycles. The average Bonchev–Trinajstić information content (AvgIpc) is 2.53. The molecule has 25 heavy (non-hydrogen) atoms. The molecule has 0 fully saturated rings. The third-order valence-electron chi connectivity index (χ3n) is 2.61. The van der Waals surface area contributed by atoms with E-state index in [1.807, 2.05) is 0 Å². The maximum absolute atomic E-state index is 12.3. The van der Waals surface area contributed by atoms with Crippen LogP contribution in [0.1, 0.15) is 18.2 Å². The van der Waals surface area contributed by atoms with Crippen LogP contribution in [0.2, 0.25) is 0 Å². The van der Waals surface area contributed by atoms with Gasteiger partial charge in [0, 0.05) is 18.7 Å². The number of rotatable bonds is 2. The molecule has 2 rings (SSSR count). The van der Waals surface area contributed by atoms with E-state index in [9.17, 15) is 22.8 Å². The molecule has 2 heterocycles. The monoisotopic (exact) mass is 349 g/mol. The van der Waals surface area contributed by atoms with Crippen molar-refractivity contribution in [3.8, 4) is 11.8 Å². The number of pyridine rings is 1. The van der Waals surface area contributed by atoms with Crippen molar-refractivity contribution in [1.29, 1.82) is 0 Å². The van der Waals surface area contributed by atoms with Gasteiger partial charge in [0.1, 0.15) is 17.8 Å². The van der Waals surface area contributed by atoms with E-state index in [1.165, 1.54) is 25.3 Å². The first-order valence-electron chi connectivity index (χ1n) is 6.69. The molecule has 0 unspecified atom stereocenters. The second-order valence-corrected chi connectivity index (χ2v) is 4.60. The highest BCUT2D eigenvalue weighted by Crippen LogP contribution is 2.19. The van der Waals surface area contributed by atoms with Crippen LogP contribution in [0.4, 0.5) is 24.7 Å². The van der Waals surface area contributed by atoms with Gasteiger partial charge in [0.25, 0.3) is 0 Å². The Kier molecular flexibility index (Phi) is 5.28. The van der Waals surface area contributed by atoms with Crippen molar-refractivity contribution in [3.05, 3.63) is 42.1 Å². The Labute approximate surface area is 139 Å². The fourth-order valence-electron chi connectivity index (χ4n) is 1.60. The van der Waals surface area contributed by atoms with Gasteiger partial charge < -0.3 is 10.6 Å². The Bertz CT molecular complexity index is 871. The van der Waals surface area contributed by atoms with E-state index in [0.29, 0.717) is 5.56 Å². The van der Waals surface area contributed by atoms with Crippen molar-refractivity contribution >= 4 is 23.3 Å². The van der Waals surface area contributed by atoms with Crippen LogP contribution in [0.3, 0.4) is 0 Å². The molecule has 0 aliphatic heterocycles. The van der Waals surface area contributed by atoms with Crippen molar-refractivity contribution in [2.45, 2.75) is 13.1 Å². The summed E-state index contributed by atoms with van der Waals surface area (Å²) in [5.74, 6) is 3.01. The minimum atomic E-state index is -5.04. The summed E-state index contributed by atoms with van der Waals surface area (Å²) >= 11 is 0. The Balaban J connectivity index is 2.26. The van der Waals surface area contributed by atoms with Crippen molar-refractivity contribution in [1.82, 2.24) is 15.0 Å². The first kappa shape index (κ1) is 17.9. The van der Waals surface area contributed by atoms with Gasteiger partial charge in [-0.3, -0.25) is 9.59 Å². The molecule has 10 heteroatoms. The normalized spacial score (nSPS) is 10.4. The van der Waals surface area contributed by atoms with Crippen LogP contribution in [0.25, 0.3) is 0 Å². The number of nitrogens with zero attached hydrogens (tertiary/aromatic N) is 3. The molecule has 128 valence electrons. The average molecular weight is 349 g/mol. The van der Waals surface area contributed by atoms with Gasteiger partial charge in [-0.1, -0.05) is 5.92 Å². The van der Waals surface area contributed by atoms with Crippen LogP contribution in [0.15, 0.2) is 30.9 Å². The lowest BCUT2D eigenvalue weighted by molar-refractivity contribution is -0.167. The third kappa shape index (κ3) is 5.28. The number of carbonyl (C=O) groups excluding carboxylic acids is 2. The lowest BCUT2D eigenvalue weighted by Gasteiger charge is -2.08. The molecular weight excluding hydrogens is 339 g/mol. The Hall–Kier alpha value is -3.48. The van der Waals surface area contributed by atoms with E-state index in [4.69, 9.17) is 0 Å². The van der Waals surface area contributed by atoms with E-state index in [0.717, 1.165) is 12.5 Å². The highest BCUT2D eigenvalue weighted by Gasteiger charge is 2.39. The van der Waals surface area contributed by atoms with Crippen LogP contribution >= 0.6 is 0 Å². The molecule has 0 bridgehead atoms. The van der Waals surface area contributed by atoms with Crippen molar-refractivity contribution in [2.24, 2.45) is 0 Å². The second kappa shape index (κ2) is 7.39. The van der Waals surface area contributed by atoms with Gasteiger partial charge >= 0.3 is 12.1 Å². The molecule has 2 amide bonds. The van der Waals surface area contributed by atoms with E-state index in [2.05, 4.69) is 32.1 Å². The lowest BCUT2D eigenvalue weighted by Crippen LogP contribution is -2.30. The summed E-state index contributed by atoms with van der Waals surface area (Å²) in [6.45, 7) is 1.32. The molecule has 0 saturated heterocycles. The van der Waals surface area contributed by atoms with Gasteiger partial charge in [0.05, 0.1) is 11.9 Å². The van der Waals surface area contributed by atoms with E-state index >= 15 is 0 Å². The Morgan fingerprint density at radius 2 is 1.92 bits per heavy atom. The molecule has 0 aromatic carbocycles. The number of hydrogen-bond donors (Lipinski definition) is 2. The maximum atomic E-state index is 12.3. The van der Waals surface area contributed by atoms with Crippen LogP contribution in [-0.2, 0) is 9.59 Å².